The Bertz CT molecular complexity index is 435. The zero-order valence-electron chi connectivity index (χ0n) is 8.46. The van der Waals surface area contributed by atoms with Gasteiger partial charge in [0.2, 0.25) is 5.95 Å². The summed E-state index contributed by atoms with van der Waals surface area (Å²) in [7, 11) is 0. The lowest BCUT2D eigenvalue weighted by Gasteiger charge is -1.98. The Kier molecular flexibility index (Phi) is 2.57. The van der Waals surface area contributed by atoms with Crippen LogP contribution < -0.4 is 5.73 Å². The average molecular weight is 204 g/mol. The van der Waals surface area contributed by atoms with E-state index in [0.29, 0.717) is 11.8 Å². The van der Waals surface area contributed by atoms with Crippen LogP contribution in [0.1, 0.15) is 19.2 Å². The lowest BCUT2D eigenvalue weighted by molar-refractivity contribution is 0.786. The minimum absolute atomic E-state index is 0.358. The molecule has 0 unspecified atom stereocenters. The van der Waals surface area contributed by atoms with Gasteiger partial charge in [0.25, 0.3) is 0 Å². The summed E-state index contributed by atoms with van der Waals surface area (Å²) >= 11 is 0. The van der Waals surface area contributed by atoms with E-state index in [1.54, 1.807) is 12.3 Å². The van der Waals surface area contributed by atoms with Gasteiger partial charge in [0.15, 0.2) is 11.6 Å². The lowest BCUT2D eigenvalue weighted by Crippen LogP contribution is -2.04. The summed E-state index contributed by atoms with van der Waals surface area (Å²) < 4.78 is 1.52. The first-order chi connectivity index (χ1) is 7.31. The molecule has 0 atom stereocenters. The molecule has 2 aromatic rings. The monoisotopic (exact) mass is 204 g/mol. The molecule has 0 aliphatic carbocycles. The van der Waals surface area contributed by atoms with Crippen molar-refractivity contribution in [3.05, 3.63) is 24.4 Å². The van der Waals surface area contributed by atoms with Gasteiger partial charge in [-0.2, -0.15) is 9.67 Å². The number of aromatic nitrogens is 5. The molecule has 2 heterocycles. The van der Waals surface area contributed by atoms with Crippen molar-refractivity contribution in [3.63, 3.8) is 0 Å². The van der Waals surface area contributed by atoms with Gasteiger partial charge in [0.1, 0.15) is 6.33 Å². The van der Waals surface area contributed by atoms with E-state index >= 15 is 0 Å². The quantitative estimate of drug-likeness (QED) is 0.791. The van der Waals surface area contributed by atoms with E-state index in [4.69, 9.17) is 5.73 Å². The van der Waals surface area contributed by atoms with Crippen LogP contribution in [0.15, 0.2) is 18.6 Å². The highest BCUT2D eigenvalue weighted by atomic mass is 15.4. The molecule has 0 fully saturated rings. The molecular formula is C9H12N6. The Balaban J connectivity index is 2.36. The van der Waals surface area contributed by atoms with E-state index in [1.165, 1.54) is 11.0 Å². The second kappa shape index (κ2) is 4.04. The number of aryl methyl sites for hydroxylation is 1. The van der Waals surface area contributed by atoms with Crippen molar-refractivity contribution < 1.29 is 0 Å². The normalized spacial score (nSPS) is 10.5. The Morgan fingerprint density at radius 3 is 3.00 bits per heavy atom. The van der Waals surface area contributed by atoms with E-state index in [-0.39, 0.29) is 0 Å². The molecule has 0 bridgehead atoms. The fourth-order valence-corrected chi connectivity index (χ4v) is 1.28. The summed E-state index contributed by atoms with van der Waals surface area (Å²) in [6.07, 6.45) is 4.91. The van der Waals surface area contributed by atoms with Crippen molar-refractivity contribution in [2.24, 2.45) is 0 Å². The molecule has 0 amide bonds. The fraction of sp³-hybridized carbons (Fsp3) is 0.333. The second-order valence-electron chi connectivity index (χ2n) is 3.12. The average Bonchev–Trinajstić information content (AvgIpc) is 2.61. The van der Waals surface area contributed by atoms with Gasteiger partial charge in [-0.15, -0.1) is 5.10 Å². The van der Waals surface area contributed by atoms with Gasteiger partial charge in [-0.25, -0.2) is 9.97 Å². The molecule has 15 heavy (non-hydrogen) atoms. The molecule has 0 saturated carbocycles. The van der Waals surface area contributed by atoms with E-state index in [9.17, 15) is 0 Å². The van der Waals surface area contributed by atoms with Gasteiger partial charge >= 0.3 is 0 Å². The smallest absolute Gasteiger partial charge is 0.225 e. The third-order valence-corrected chi connectivity index (χ3v) is 1.93. The van der Waals surface area contributed by atoms with E-state index in [2.05, 4.69) is 27.0 Å². The van der Waals surface area contributed by atoms with Crippen LogP contribution in [0.3, 0.4) is 0 Å². The summed E-state index contributed by atoms with van der Waals surface area (Å²) in [5.74, 6) is 1.74. The van der Waals surface area contributed by atoms with Crippen LogP contribution in [0.2, 0.25) is 0 Å². The molecule has 0 saturated heterocycles. The molecule has 0 aliphatic heterocycles. The molecule has 78 valence electrons. The minimum atomic E-state index is 0.358. The maximum absolute atomic E-state index is 5.73. The predicted octanol–water partition coefficient (Wildman–Crippen LogP) is 0.592. The van der Waals surface area contributed by atoms with Crippen LogP contribution in [0.4, 0.5) is 5.95 Å². The summed E-state index contributed by atoms with van der Waals surface area (Å²) in [5.41, 5.74) is 5.73. The molecule has 0 spiro atoms. The second-order valence-corrected chi connectivity index (χ2v) is 3.12. The van der Waals surface area contributed by atoms with E-state index < -0.39 is 0 Å². The summed E-state index contributed by atoms with van der Waals surface area (Å²) in [6.45, 7) is 2.07. The standard InChI is InChI=1S/C9H12N6/c1-2-3-7-13-9(10)15(14-7)8-4-5-11-6-12-8/h4-6H,2-3H2,1H3,(H2,10,13,14). The van der Waals surface area contributed by atoms with Crippen molar-refractivity contribution in [1.29, 1.82) is 0 Å². The SMILES string of the molecule is CCCc1nc(N)n(-c2ccncn2)n1. The zero-order chi connectivity index (χ0) is 10.7. The van der Waals surface area contributed by atoms with Crippen LogP contribution in [-0.2, 0) is 6.42 Å². The first-order valence-electron chi connectivity index (χ1n) is 4.79. The highest BCUT2D eigenvalue weighted by Gasteiger charge is 2.08. The van der Waals surface area contributed by atoms with Crippen LogP contribution >= 0.6 is 0 Å². The highest BCUT2D eigenvalue weighted by molar-refractivity contribution is 5.29. The number of nitrogen functional groups attached to an aromatic ring is 1. The number of hydrogen-bond donors (Lipinski definition) is 1. The Hall–Kier alpha value is -1.98. The Labute approximate surface area is 87.2 Å². The lowest BCUT2D eigenvalue weighted by atomic mass is 10.3. The molecular weight excluding hydrogens is 192 g/mol. The number of hydrogen-bond acceptors (Lipinski definition) is 5. The van der Waals surface area contributed by atoms with Crippen LogP contribution in [-0.4, -0.2) is 24.7 Å². The van der Waals surface area contributed by atoms with E-state index in [0.717, 1.165) is 18.7 Å². The van der Waals surface area contributed by atoms with Crippen molar-refractivity contribution in [3.8, 4) is 5.82 Å². The number of nitrogens with zero attached hydrogens (tertiary/aromatic N) is 5. The number of anilines is 1. The zero-order valence-corrected chi connectivity index (χ0v) is 8.46. The first kappa shape index (κ1) is 9.57. The predicted molar refractivity (Wildman–Crippen MR) is 55.4 cm³/mol. The van der Waals surface area contributed by atoms with Gasteiger partial charge in [-0.1, -0.05) is 6.92 Å². The fourth-order valence-electron chi connectivity index (χ4n) is 1.28. The maximum atomic E-state index is 5.73. The molecule has 6 heteroatoms. The van der Waals surface area contributed by atoms with Gasteiger partial charge in [-0.3, -0.25) is 0 Å². The molecule has 0 aliphatic rings. The third-order valence-electron chi connectivity index (χ3n) is 1.93. The molecule has 2 rings (SSSR count). The number of rotatable bonds is 3. The first-order valence-corrected chi connectivity index (χ1v) is 4.79. The van der Waals surface area contributed by atoms with Gasteiger partial charge in [-0.05, 0) is 6.42 Å². The summed E-state index contributed by atoms with van der Waals surface area (Å²) in [6, 6.07) is 1.74. The molecule has 2 aromatic heterocycles. The topological polar surface area (TPSA) is 82.5 Å². The third kappa shape index (κ3) is 1.93. The Morgan fingerprint density at radius 2 is 2.33 bits per heavy atom. The van der Waals surface area contributed by atoms with Crippen LogP contribution in [0.5, 0.6) is 0 Å². The molecule has 6 nitrogen and oxygen atoms in total. The van der Waals surface area contributed by atoms with Crippen molar-refractivity contribution >= 4 is 5.95 Å². The van der Waals surface area contributed by atoms with Crippen molar-refractivity contribution in [2.45, 2.75) is 19.8 Å². The van der Waals surface area contributed by atoms with E-state index in [1.807, 2.05) is 0 Å². The minimum Gasteiger partial charge on any atom is -0.368 e. The number of nitrogens with two attached hydrogens (primary N) is 1. The largest absolute Gasteiger partial charge is 0.368 e. The van der Waals surface area contributed by atoms with Crippen molar-refractivity contribution in [1.82, 2.24) is 24.7 Å². The van der Waals surface area contributed by atoms with Crippen LogP contribution in [0.25, 0.3) is 5.82 Å². The van der Waals surface area contributed by atoms with Gasteiger partial charge in [0, 0.05) is 18.7 Å². The maximum Gasteiger partial charge on any atom is 0.225 e. The molecule has 0 radical (unpaired) electrons. The molecule has 0 aromatic carbocycles. The summed E-state index contributed by atoms with van der Waals surface area (Å²) in [5, 5.41) is 4.26. The Morgan fingerprint density at radius 1 is 1.47 bits per heavy atom. The molecule has 2 N–H and O–H groups in total. The van der Waals surface area contributed by atoms with Crippen molar-refractivity contribution in [2.75, 3.05) is 5.73 Å². The van der Waals surface area contributed by atoms with Gasteiger partial charge in [0.05, 0.1) is 0 Å². The van der Waals surface area contributed by atoms with Gasteiger partial charge < -0.3 is 5.73 Å². The highest BCUT2D eigenvalue weighted by Crippen LogP contribution is 2.08. The van der Waals surface area contributed by atoms with Crippen LogP contribution in [0, 0.1) is 0 Å². The summed E-state index contributed by atoms with van der Waals surface area (Å²) in [4.78, 5) is 12.0.